The summed E-state index contributed by atoms with van der Waals surface area (Å²) in [6.45, 7) is 7.08. The molecule has 2 aromatic carbocycles. The van der Waals surface area contributed by atoms with E-state index >= 15 is 0 Å². The standard InChI is InChI=1S/C25H27FN2O6/c1-14(18-6-9-20(26)10-7-18)27-24(29)17(4)33-25(30)19-8-11-22(23(12-19)31-5)32-13-21-15(2)28-34-16(21)3/h6-12,14,17H,13H2,1-5H3,(H,27,29). The third-order valence-electron chi connectivity index (χ3n) is 5.33. The fourth-order valence-corrected chi connectivity index (χ4v) is 3.22. The second-order valence-electron chi connectivity index (χ2n) is 7.79. The molecule has 0 aliphatic heterocycles. The minimum Gasteiger partial charge on any atom is -0.493 e. The molecule has 0 aliphatic carbocycles. The Morgan fingerprint density at radius 3 is 2.41 bits per heavy atom. The maximum Gasteiger partial charge on any atom is 0.339 e. The summed E-state index contributed by atoms with van der Waals surface area (Å²) in [6.07, 6.45) is -1.04. The van der Waals surface area contributed by atoms with Gasteiger partial charge in [0.1, 0.15) is 18.2 Å². The molecule has 1 heterocycles. The van der Waals surface area contributed by atoms with Crippen molar-refractivity contribution in [3.05, 3.63) is 76.4 Å². The molecule has 34 heavy (non-hydrogen) atoms. The van der Waals surface area contributed by atoms with Gasteiger partial charge in [-0.25, -0.2) is 9.18 Å². The van der Waals surface area contributed by atoms with Gasteiger partial charge in [0.2, 0.25) is 0 Å². The van der Waals surface area contributed by atoms with Gasteiger partial charge in [-0.15, -0.1) is 0 Å². The number of nitrogens with zero attached hydrogens (tertiary/aromatic N) is 1. The highest BCUT2D eigenvalue weighted by atomic mass is 19.1. The van der Waals surface area contributed by atoms with Crippen LogP contribution < -0.4 is 14.8 Å². The van der Waals surface area contributed by atoms with Gasteiger partial charge in [0.25, 0.3) is 5.91 Å². The van der Waals surface area contributed by atoms with E-state index in [0.717, 1.165) is 16.8 Å². The lowest BCUT2D eigenvalue weighted by atomic mass is 10.1. The van der Waals surface area contributed by atoms with Crippen LogP contribution >= 0.6 is 0 Å². The van der Waals surface area contributed by atoms with Gasteiger partial charge >= 0.3 is 5.97 Å². The number of hydrogen-bond acceptors (Lipinski definition) is 7. The van der Waals surface area contributed by atoms with E-state index in [-0.39, 0.29) is 24.0 Å². The van der Waals surface area contributed by atoms with Crippen LogP contribution in [0.25, 0.3) is 0 Å². The van der Waals surface area contributed by atoms with E-state index in [0.29, 0.717) is 17.3 Å². The predicted molar refractivity (Wildman–Crippen MR) is 121 cm³/mol. The van der Waals surface area contributed by atoms with Gasteiger partial charge in [0, 0.05) is 0 Å². The molecule has 2 unspecified atom stereocenters. The number of aryl methyl sites for hydroxylation is 2. The second-order valence-corrected chi connectivity index (χ2v) is 7.79. The average molecular weight is 470 g/mol. The van der Waals surface area contributed by atoms with Crippen LogP contribution in [-0.2, 0) is 16.1 Å². The Morgan fingerprint density at radius 2 is 1.79 bits per heavy atom. The summed E-state index contributed by atoms with van der Waals surface area (Å²) in [5.41, 5.74) is 2.50. The van der Waals surface area contributed by atoms with Gasteiger partial charge in [-0.3, -0.25) is 4.79 Å². The van der Waals surface area contributed by atoms with Gasteiger partial charge in [-0.05, 0) is 63.6 Å². The fraction of sp³-hybridized carbons (Fsp3) is 0.320. The fourth-order valence-electron chi connectivity index (χ4n) is 3.22. The quantitative estimate of drug-likeness (QED) is 0.462. The number of carbonyl (C=O) groups is 2. The molecule has 0 fully saturated rings. The highest BCUT2D eigenvalue weighted by Gasteiger charge is 2.22. The molecular formula is C25H27FN2O6. The van der Waals surface area contributed by atoms with Crippen LogP contribution in [0.2, 0.25) is 0 Å². The van der Waals surface area contributed by atoms with Crippen molar-refractivity contribution < 1.29 is 32.7 Å². The van der Waals surface area contributed by atoms with Crippen molar-refractivity contribution in [1.29, 1.82) is 0 Å². The first-order valence-electron chi connectivity index (χ1n) is 10.7. The number of ether oxygens (including phenoxy) is 3. The lowest BCUT2D eigenvalue weighted by Crippen LogP contribution is -2.37. The van der Waals surface area contributed by atoms with Crippen molar-refractivity contribution >= 4 is 11.9 Å². The average Bonchev–Trinajstić information content (AvgIpc) is 3.14. The van der Waals surface area contributed by atoms with E-state index in [1.54, 1.807) is 32.0 Å². The number of esters is 1. The molecule has 2 atom stereocenters. The Hall–Kier alpha value is -3.88. The minimum absolute atomic E-state index is 0.202. The summed E-state index contributed by atoms with van der Waals surface area (Å²) in [5, 5.41) is 6.64. The third-order valence-corrected chi connectivity index (χ3v) is 5.33. The van der Waals surface area contributed by atoms with Crippen LogP contribution in [0.3, 0.4) is 0 Å². The molecule has 180 valence electrons. The molecule has 0 radical (unpaired) electrons. The Kier molecular flexibility index (Phi) is 7.88. The first-order valence-corrected chi connectivity index (χ1v) is 10.7. The molecule has 0 bridgehead atoms. The second kappa shape index (κ2) is 10.8. The first-order chi connectivity index (χ1) is 16.2. The number of hydrogen-bond donors (Lipinski definition) is 1. The third kappa shape index (κ3) is 5.92. The molecule has 8 nitrogen and oxygen atoms in total. The first kappa shape index (κ1) is 24.8. The molecule has 0 spiro atoms. The Balaban J connectivity index is 1.61. The van der Waals surface area contributed by atoms with Crippen molar-refractivity contribution in [2.45, 2.75) is 46.4 Å². The van der Waals surface area contributed by atoms with Crippen LogP contribution in [0.1, 0.15) is 52.8 Å². The highest BCUT2D eigenvalue weighted by molar-refractivity contribution is 5.93. The molecule has 9 heteroatoms. The van der Waals surface area contributed by atoms with Gasteiger partial charge in [0.05, 0.1) is 30.0 Å². The van der Waals surface area contributed by atoms with Crippen molar-refractivity contribution in [2.75, 3.05) is 7.11 Å². The summed E-state index contributed by atoms with van der Waals surface area (Å²) in [4.78, 5) is 25.1. The molecule has 0 saturated heterocycles. The Labute approximate surface area is 197 Å². The highest BCUT2D eigenvalue weighted by Crippen LogP contribution is 2.30. The summed E-state index contributed by atoms with van der Waals surface area (Å²) < 4.78 is 34.7. The predicted octanol–water partition coefficient (Wildman–Crippen LogP) is 4.44. The maximum absolute atomic E-state index is 13.1. The molecule has 0 saturated carbocycles. The van der Waals surface area contributed by atoms with E-state index in [9.17, 15) is 14.0 Å². The molecule has 0 aliphatic rings. The SMILES string of the molecule is COc1cc(C(=O)OC(C)C(=O)NC(C)c2ccc(F)cc2)ccc1OCc1c(C)noc1C. The Morgan fingerprint density at radius 1 is 1.09 bits per heavy atom. The lowest BCUT2D eigenvalue weighted by Gasteiger charge is -2.18. The molecule has 1 aromatic heterocycles. The topological polar surface area (TPSA) is 99.9 Å². The number of carbonyl (C=O) groups excluding carboxylic acids is 2. The number of rotatable bonds is 9. The van der Waals surface area contributed by atoms with Crippen molar-refractivity contribution in [3.63, 3.8) is 0 Å². The minimum atomic E-state index is -1.04. The number of amides is 1. The normalized spacial score (nSPS) is 12.5. The zero-order chi connectivity index (χ0) is 24.8. The van der Waals surface area contributed by atoms with Crippen LogP contribution in [0.5, 0.6) is 11.5 Å². The molecular weight excluding hydrogens is 443 g/mol. The summed E-state index contributed by atoms with van der Waals surface area (Å²) >= 11 is 0. The molecule has 3 rings (SSSR count). The van der Waals surface area contributed by atoms with Crippen LogP contribution in [0, 0.1) is 19.7 Å². The maximum atomic E-state index is 13.1. The number of aromatic nitrogens is 1. The largest absolute Gasteiger partial charge is 0.493 e. The zero-order valence-electron chi connectivity index (χ0n) is 19.7. The van der Waals surface area contributed by atoms with Crippen LogP contribution in [-0.4, -0.2) is 30.2 Å². The number of benzene rings is 2. The monoisotopic (exact) mass is 470 g/mol. The van der Waals surface area contributed by atoms with E-state index < -0.39 is 18.0 Å². The van der Waals surface area contributed by atoms with Gasteiger partial charge < -0.3 is 24.1 Å². The van der Waals surface area contributed by atoms with Gasteiger partial charge in [0.15, 0.2) is 17.6 Å². The number of halogens is 1. The van der Waals surface area contributed by atoms with Gasteiger partial charge in [-0.1, -0.05) is 17.3 Å². The summed E-state index contributed by atoms with van der Waals surface area (Å²) in [7, 11) is 1.46. The zero-order valence-corrected chi connectivity index (χ0v) is 19.7. The molecule has 1 N–H and O–H groups in total. The van der Waals surface area contributed by atoms with Crippen LogP contribution in [0.15, 0.2) is 47.0 Å². The van der Waals surface area contributed by atoms with E-state index in [4.69, 9.17) is 18.7 Å². The van der Waals surface area contributed by atoms with Gasteiger partial charge in [-0.2, -0.15) is 0 Å². The van der Waals surface area contributed by atoms with E-state index in [2.05, 4.69) is 10.5 Å². The lowest BCUT2D eigenvalue weighted by molar-refractivity contribution is -0.129. The number of nitrogens with one attached hydrogen (secondary N) is 1. The molecule has 3 aromatic rings. The number of methoxy groups -OCH3 is 1. The smallest absolute Gasteiger partial charge is 0.339 e. The summed E-state index contributed by atoms with van der Waals surface area (Å²) in [5.74, 6) is -0.0942. The van der Waals surface area contributed by atoms with E-state index in [1.165, 1.54) is 38.3 Å². The Bertz CT molecular complexity index is 1140. The summed E-state index contributed by atoms with van der Waals surface area (Å²) in [6, 6.07) is 10.0. The van der Waals surface area contributed by atoms with Crippen LogP contribution in [0.4, 0.5) is 4.39 Å². The van der Waals surface area contributed by atoms with Crippen molar-refractivity contribution in [2.24, 2.45) is 0 Å². The molecule has 1 amide bonds. The van der Waals surface area contributed by atoms with Crippen molar-refractivity contribution in [1.82, 2.24) is 10.5 Å². The van der Waals surface area contributed by atoms with Crippen molar-refractivity contribution in [3.8, 4) is 11.5 Å². The van der Waals surface area contributed by atoms with E-state index in [1.807, 2.05) is 6.92 Å².